The number of amides is 5. The highest BCUT2D eigenvalue weighted by atomic mass is 16.4. The Morgan fingerprint density at radius 1 is 0.909 bits per heavy atom. The van der Waals surface area contributed by atoms with Gasteiger partial charge in [0.05, 0.1) is 13.1 Å². The van der Waals surface area contributed by atoms with Gasteiger partial charge < -0.3 is 54.2 Å². The van der Waals surface area contributed by atoms with E-state index in [0.717, 1.165) is 0 Å². The van der Waals surface area contributed by atoms with E-state index in [2.05, 4.69) is 26.3 Å². The van der Waals surface area contributed by atoms with Gasteiger partial charge in [-0.15, -0.1) is 0 Å². The van der Waals surface area contributed by atoms with E-state index in [1.807, 2.05) is 13.8 Å². The maximum Gasteiger partial charge on any atom is 0.326 e. The Balaban J connectivity index is 3.00. The third-order valence-corrected chi connectivity index (χ3v) is 6.95. The van der Waals surface area contributed by atoms with Gasteiger partial charge in [-0.1, -0.05) is 13.8 Å². The van der Waals surface area contributed by atoms with Crippen LogP contribution in [0.2, 0.25) is 0 Å². The molecular formula is C27H50N10O7. The lowest BCUT2D eigenvalue weighted by Crippen LogP contribution is -2.57. The SMILES string of the molecule is CC(C)C[C@H](NC(=O)[C@@H]1CCCN1C(=O)[C@H](CCCCN)NC(=O)CNC(=O)CN)C(=O)N[C@@H](CCCN=C(N)N)C(=O)O. The summed E-state index contributed by atoms with van der Waals surface area (Å²) in [5, 5.41) is 19.8. The van der Waals surface area contributed by atoms with Crippen molar-refractivity contribution in [1.82, 2.24) is 26.2 Å². The first-order chi connectivity index (χ1) is 20.8. The number of carbonyl (C=O) groups excluding carboxylic acids is 5. The first-order valence-corrected chi connectivity index (χ1v) is 15.0. The number of unbranched alkanes of at least 4 members (excludes halogenated alkanes) is 1. The minimum Gasteiger partial charge on any atom is -0.480 e. The molecule has 0 aromatic rings. The smallest absolute Gasteiger partial charge is 0.326 e. The molecule has 0 aromatic heterocycles. The Hall–Kier alpha value is -3.99. The van der Waals surface area contributed by atoms with Crippen molar-refractivity contribution >= 4 is 41.5 Å². The molecule has 4 atom stereocenters. The van der Waals surface area contributed by atoms with Crippen molar-refractivity contribution in [3.8, 4) is 0 Å². The number of nitrogens with zero attached hydrogens (tertiary/aromatic N) is 2. The average Bonchev–Trinajstić information content (AvgIpc) is 3.46. The lowest BCUT2D eigenvalue weighted by atomic mass is 10.0. The molecule has 0 aliphatic carbocycles. The van der Waals surface area contributed by atoms with Crippen LogP contribution in [0.5, 0.6) is 0 Å². The van der Waals surface area contributed by atoms with E-state index in [0.29, 0.717) is 38.6 Å². The Morgan fingerprint density at radius 2 is 1.59 bits per heavy atom. The summed E-state index contributed by atoms with van der Waals surface area (Å²) in [7, 11) is 0. The lowest BCUT2D eigenvalue weighted by Gasteiger charge is -2.30. The summed E-state index contributed by atoms with van der Waals surface area (Å²) >= 11 is 0. The molecule has 0 bridgehead atoms. The number of carbonyl (C=O) groups is 6. The molecule has 13 N–H and O–H groups in total. The van der Waals surface area contributed by atoms with Crippen molar-refractivity contribution in [2.45, 2.75) is 89.4 Å². The highest BCUT2D eigenvalue weighted by molar-refractivity contribution is 5.95. The van der Waals surface area contributed by atoms with Crippen LogP contribution in [0.4, 0.5) is 0 Å². The number of aliphatic carboxylic acids is 1. The fourth-order valence-corrected chi connectivity index (χ4v) is 4.75. The summed E-state index contributed by atoms with van der Waals surface area (Å²) in [5.74, 6) is -4.19. The third kappa shape index (κ3) is 14.0. The molecule has 1 heterocycles. The third-order valence-electron chi connectivity index (χ3n) is 6.95. The fourth-order valence-electron chi connectivity index (χ4n) is 4.75. The number of carboxylic acids is 1. The molecule has 1 fully saturated rings. The number of rotatable bonds is 20. The topological polar surface area (TPSA) is 290 Å². The average molecular weight is 627 g/mol. The van der Waals surface area contributed by atoms with Crippen molar-refractivity contribution in [2.24, 2.45) is 33.8 Å². The summed E-state index contributed by atoms with van der Waals surface area (Å²) in [4.78, 5) is 81.1. The molecule has 0 saturated carbocycles. The minimum atomic E-state index is -1.24. The van der Waals surface area contributed by atoms with Gasteiger partial charge in [0, 0.05) is 13.1 Å². The molecule has 0 spiro atoms. The molecule has 250 valence electrons. The molecule has 1 saturated heterocycles. The Kier molecular flexibility index (Phi) is 17.3. The van der Waals surface area contributed by atoms with E-state index in [1.165, 1.54) is 4.90 Å². The van der Waals surface area contributed by atoms with Gasteiger partial charge in [0.2, 0.25) is 29.5 Å². The number of aliphatic imine (C=N–C) groups is 1. The highest BCUT2D eigenvalue weighted by Gasteiger charge is 2.39. The molecule has 0 radical (unpaired) electrons. The summed E-state index contributed by atoms with van der Waals surface area (Å²) in [5.41, 5.74) is 21.4. The van der Waals surface area contributed by atoms with Gasteiger partial charge in [-0.25, -0.2) is 4.79 Å². The lowest BCUT2D eigenvalue weighted by molar-refractivity contribution is -0.143. The molecule has 1 aliphatic heterocycles. The predicted molar refractivity (Wildman–Crippen MR) is 162 cm³/mol. The summed E-state index contributed by atoms with van der Waals surface area (Å²) in [6, 6.07) is -4.13. The van der Waals surface area contributed by atoms with E-state index < -0.39 is 59.7 Å². The molecule has 44 heavy (non-hydrogen) atoms. The van der Waals surface area contributed by atoms with E-state index in [9.17, 15) is 33.9 Å². The van der Waals surface area contributed by atoms with E-state index in [1.54, 1.807) is 0 Å². The highest BCUT2D eigenvalue weighted by Crippen LogP contribution is 2.21. The van der Waals surface area contributed by atoms with Gasteiger partial charge in [-0.2, -0.15) is 0 Å². The van der Waals surface area contributed by atoms with Crippen LogP contribution in [-0.2, 0) is 28.8 Å². The van der Waals surface area contributed by atoms with Crippen LogP contribution in [0.15, 0.2) is 4.99 Å². The molecule has 17 heteroatoms. The maximum atomic E-state index is 13.6. The van der Waals surface area contributed by atoms with Crippen molar-refractivity contribution in [3.05, 3.63) is 0 Å². The van der Waals surface area contributed by atoms with Crippen LogP contribution in [0, 0.1) is 5.92 Å². The Bertz CT molecular complexity index is 1020. The first-order valence-electron chi connectivity index (χ1n) is 15.0. The van der Waals surface area contributed by atoms with Crippen LogP contribution in [-0.4, -0.2) is 108 Å². The molecule has 5 amide bonds. The summed E-state index contributed by atoms with van der Waals surface area (Å²) < 4.78 is 0. The molecule has 1 aliphatic rings. The number of hydrogen-bond donors (Lipinski definition) is 9. The van der Waals surface area contributed by atoms with Gasteiger partial charge >= 0.3 is 5.97 Å². The van der Waals surface area contributed by atoms with Crippen LogP contribution in [0.1, 0.15) is 65.2 Å². The van der Waals surface area contributed by atoms with Gasteiger partial charge in [0.1, 0.15) is 24.2 Å². The quantitative estimate of drug-likeness (QED) is 0.0369. The van der Waals surface area contributed by atoms with Gasteiger partial charge in [0.25, 0.3) is 0 Å². The fraction of sp³-hybridized carbons (Fsp3) is 0.741. The van der Waals surface area contributed by atoms with Gasteiger partial charge in [-0.05, 0) is 63.8 Å². The molecular weight excluding hydrogens is 576 g/mol. The second-order valence-electron chi connectivity index (χ2n) is 11.1. The van der Waals surface area contributed by atoms with Crippen LogP contribution in [0.25, 0.3) is 0 Å². The number of likely N-dealkylation sites (tertiary alicyclic amines) is 1. The van der Waals surface area contributed by atoms with Gasteiger partial charge in [-0.3, -0.25) is 29.0 Å². The summed E-state index contributed by atoms with van der Waals surface area (Å²) in [6.07, 6.45) is 2.89. The second-order valence-corrected chi connectivity index (χ2v) is 11.1. The molecule has 17 nitrogen and oxygen atoms in total. The Morgan fingerprint density at radius 3 is 2.18 bits per heavy atom. The van der Waals surface area contributed by atoms with Crippen LogP contribution < -0.4 is 44.2 Å². The van der Waals surface area contributed by atoms with Crippen molar-refractivity contribution in [3.63, 3.8) is 0 Å². The zero-order valence-corrected chi connectivity index (χ0v) is 25.7. The minimum absolute atomic E-state index is 0.0283. The number of nitrogens with two attached hydrogens (primary N) is 4. The second kappa shape index (κ2) is 20.1. The van der Waals surface area contributed by atoms with E-state index in [-0.39, 0.29) is 57.3 Å². The van der Waals surface area contributed by atoms with E-state index in [4.69, 9.17) is 22.9 Å². The zero-order valence-electron chi connectivity index (χ0n) is 25.7. The first kappa shape index (κ1) is 38.0. The van der Waals surface area contributed by atoms with Crippen LogP contribution in [0.3, 0.4) is 0 Å². The largest absolute Gasteiger partial charge is 0.480 e. The van der Waals surface area contributed by atoms with Gasteiger partial charge in [0.15, 0.2) is 5.96 Å². The maximum absolute atomic E-state index is 13.6. The predicted octanol–water partition coefficient (Wildman–Crippen LogP) is -3.18. The standard InChI is InChI=1S/C27H50N10O7/c1-16(2)13-19(23(40)35-18(26(43)44)8-5-11-32-27(30)31)36-24(41)20-9-6-12-37(20)25(42)17(7-3-4-10-28)34-22(39)15-33-21(38)14-29/h16-20H,3-15,28-29H2,1-2H3,(H,33,38)(H,34,39)(H,35,40)(H,36,41)(H,43,44)(H4,30,31,32)/t17-,18-,19-,20-/m0/s1. The number of guanidine groups is 1. The molecule has 1 rings (SSSR count). The van der Waals surface area contributed by atoms with Crippen LogP contribution >= 0.6 is 0 Å². The number of carboxylic acid groups (broad SMARTS) is 1. The number of hydrogen-bond acceptors (Lipinski definition) is 9. The Labute approximate surface area is 257 Å². The molecule has 0 unspecified atom stereocenters. The zero-order chi connectivity index (χ0) is 33.2. The monoisotopic (exact) mass is 626 g/mol. The van der Waals surface area contributed by atoms with Crippen molar-refractivity contribution in [2.75, 3.05) is 32.7 Å². The van der Waals surface area contributed by atoms with Crippen molar-refractivity contribution in [1.29, 1.82) is 0 Å². The van der Waals surface area contributed by atoms with Crippen molar-refractivity contribution < 1.29 is 33.9 Å². The summed E-state index contributed by atoms with van der Waals surface area (Å²) in [6.45, 7) is 3.91. The number of nitrogens with one attached hydrogen (secondary N) is 4. The van der Waals surface area contributed by atoms with E-state index >= 15 is 0 Å². The molecule has 0 aromatic carbocycles. The normalized spacial score (nSPS) is 16.4.